The van der Waals surface area contributed by atoms with Crippen molar-refractivity contribution < 1.29 is 9.59 Å². The minimum Gasteiger partial charge on any atom is -0.368 e. The molecule has 1 aliphatic heterocycles. The Morgan fingerprint density at radius 1 is 1.52 bits per heavy atom. The van der Waals surface area contributed by atoms with Crippen molar-refractivity contribution in [1.29, 1.82) is 0 Å². The fraction of sp³-hybridized carbons (Fsp3) is 0.500. The Labute approximate surface area is 135 Å². The molecule has 7 heteroatoms. The first-order valence-corrected chi connectivity index (χ1v) is 7.80. The number of azide groups is 1. The van der Waals surface area contributed by atoms with Crippen LogP contribution in [0, 0.1) is 0 Å². The summed E-state index contributed by atoms with van der Waals surface area (Å²) in [7, 11) is 0. The van der Waals surface area contributed by atoms with Crippen LogP contribution in [0.2, 0.25) is 0 Å². The van der Waals surface area contributed by atoms with E-state index in [2.05, 4.69) is 10.0 Å². The number of amides is 2. The van der Waals surface area contributed by atoms with Gasteiger partial charge in [-0.2, -0.15) is 0 Å². The monoisotopic (exact) mass is 315 g/mol. The smallest absolute Gasteiger partial charge is 0.240 e. The SMILES string of the molecule is CCC(C(N)=O)N1CCC(c2cccc(N=[N+]=[N-])c2)CCC1=O. The van der Waals surface area contributed by atoms with Crippen LogP contribution >= 0.6 is 0 Å². The van der Waals surface area contributed by atoms with Crippen LogP contribution < -0.4 is 5.73 Å². The maximum atomic E-state index is 12.3. The fourth-order valence-corrected chi connectivity index (χ4v) is 3.14. The molecule has 2 unspecified atom stereocenters. The van der Waals surface area contributed by atoms with Gasteiger partial charge in [-0.25, -0.2) is 0 Å². The lowest BCUT2D eigenvalue weighted by Gasteiger charge is -2.27. The molecule has 0 saturated carbocycles. The molecular formula is C16H21N5O2. The zero-order chi connectivity index (χ0) is 16.8. The summed E-state index contributed by atoms with van der Waals surface area (Å²) in [5, 5.41) is 3.62. The highest BCUT2D eigenvalue weighted by atomic mass is 16.2. The molecular weight excluding hydrogens is 294 g/mol. The molecule has 1 aliphatic rings. The highest BCUT2D eigenvalue weighted by Gasteiger charge is 2.30. The van der Waals surface area contributed by atoms with E-state index in [-0.39, 0.29) is 11.8 Å². The number of rotatable bonds is 5. The van der Waals surface area contributed by atoms with Crippen molar-refractivity contribution in [3.05, 3.63) is 40.3 Å². The molecule has 1 heterocycles. The molecule has 7 nitrogen and oxygen atoms in total. The first kappa shape index (κ1) is 16.8. The number of carbonyl (C=O) groups excluding carboxylic acids is 2. The van der Waals surface area contributed by atoms with Crippen molar-refractivity contribution in [1.82, 2.24) is 4.90 Å². The van der Waals surface area contributed by atoms with E-state index in [1.165, 1.54) is 0 Å². The maximum absolute atomic E-state index is 12.3. The summed E-state index contributed by atoms with van der Waals surface area (Å²) in [5.74, 6) is -0.280. The van der Waals surface area contributed by atoms with Gasteiger partial charge in [0, 0.05) is 23.6 Å². The van der Waals surface area contributed by atoms with Crippen molar-refractivity contribution in [2.75, 3.05) is 6.54 Å². The summed E-state index contributed by atoms with van der Waals surface area (Å²) in [6, 6.07) is 6.90. The first-order chi connectivity index (χ1) is 11.1. The number of nitrogens with two attached hydrogens (primary N) is 1. The number of hydrogen-bond donors (Lipinski definition) is 1. The van der Waals surface area contributed by atoms with Crippen LogP contribution in [0.3, 0.4) is 0 Å². The van der Waals surface area contributed by atoms with Gasteiger partial charge in [0.15, 0.2) is 0 Å². The van der Waals surface area contributed by atoms with Gasteiger partial charge in [0.05, 0.1) is 0 Å². The molecule has 122 valence electrons. The zero-order valence-corrected chi connectivity index (χ0v) is 13.2. The quantitative estimate of drug-likeness (QED) is 0.511. The van der Waals surface area contributed by atoms with Crippen molar-refractivity contribution in [3.8, 4) is 0 Å². The van der Waals surface area contributed by atoms with Gasteiger partial charge >= 0.3 is 0 Å². The van der Waals surface area contributed by atoms with Crippen LogP contribution in [0.4, 0.5) is 5.69 Å². The lowest BCUT2D eigenvalue weighted by Crippen LogP contribution is -2.47. The second-order valence-corrected chi connectivity index (χ2v) is 5.72. The molecule has 0 spiro atoms. The second kappa shape index (κ2) is 7.65. The van der Waals surface area contributed by atoms with Gasteiger partial charge in [-0.05, 0) is 42.3 Å². The lowest BCUT2D eigenvalue weighted by atomic mass is 9.92. The van der Waals surface area contributed by atoms with Gasteiger partial charge in [0.25, 0.3) is 0 Å². The Hall–Kier alpha value is -2.53. The molecule has 0 bridgehead atoms. The van der Waals surface area contributed by atoms with E-state index in [9.17, 15) is 9.59 Å². The van der Waals surface area contributed by atoms with E-state index in [1.807, 2.05) is 25.1 Å². The fourth-order valence-electron chi connectivity index (χ4n) is 3.14. The van der Waals surface area contributed by atoms with Crippen LogP contribution in [0.25, 0.3) is 10.4 Å². The zero-order valence-electron chi connectivity index (χ0n) is 13.2. The number of nitrogens with zero attached hydrogens (tertiary/aromatic N) is 4. The van der Waals surface area contributed by atoms with Gasteiger partial charge in [0.1, 0.15) is 6.04 Å². The third-order valence-corrected chi connectivity index (χ3v) is 4.34. The van der Waals surface area contributed by atoms with Crippen molar-refractivity contribution in [2.24, 2.45) is 10.8 Å². The van der Waals surface area contributed by atoms with Crippen LogP contribution in [0.1, 0.15) is 44.1 Å². The Balaban J connectivity index is 2.17. The standard InChI is InChI=1S/C16H21N5O2/c1-2-14(16(17)23)21-9-8-11(6-7-15(21)22)12-4-3-5-13(10-12)19-20-18/h3-5,10-11,14H,2,6-9H2,1H3,(H2,17,23). The first-order valence-electron chi connectivity index (χ1n) is 7.80. The number of hydrogen-bond acceptors (Lipinski definition) is 3. The number of carbonyl (C=O) groups is 2. The molecule has 1 aromatic carbocycles. The third kappa shape index (κ3) is 4.02. The summed E-state index contributed by atoms with van der Waals surface area (Å²) in [6.07, 6.45) is 2.39. The summed E-state index contributed by atoms with van der Waals surface area (Å²) < 4.78 is 0. The molecule has 0 aromatic heterocycles. The summed E-state index contributed by atoms with van der Waals surface area (Å²) in [4.78, 5) is 28.3. The van der Waals surface area contributed by atoms with Gasteiger partial charge in [-0.3, -0.25) is 9.59 Å². The molecule has 1 fully saturated rings. The Morgan fingerprint density at radius 2 is 2.30 bits per heavy atom. The number of benzene rings is 1. The Kier molecular flexibility index (Phi) is 5.60. The van der Waals surface area contributed by atoms with E-state index in [1.54, 1.807) is 11.0 Å². The van der Waals surface area contributed by atoms with E-state index in [4.69, 9.17) is 11.3 Å². The minimum absolute atomic E-state index is 0.0237. The van der Waals surface area contributed by atoms with Crippen LogP contribution in [0.5, 0.6) is 0 Å². The molecule has 2 atom stereocenters. The van der Waals surface area contributed by atoms with Gasteiger partial charge in [-0.15, -0.1) is 0 Å². The van der Waals surface area contributed by atoms with Crippen molar-refractivity contribution in [3.63, 3.8) is 0 Å². The molecule has 1 saturated heterocycles. The van der Waals surface area contributed by atoms with Crippen molar-refractivity contribution >= 4 is 17.5 Å². The van der Waals surface area contributed by atoms with E-state index < -0.39 is 11.9 Å². The molecule has 23 heavy (non-hydrogen) atoms. The van der Waals surface area contributed by atoms with Crippen LogP contribution in [0.15, 0.2) is 29.4 Å². The maximum Gasteiger partial charge on any atom is 0.240 e. The van der Waals surface area contributed by atoms with E-state index in [0.29, 0.717) is 31.5 Å². The molecule has 2 amide bonds. The topological polar surface area (TPSA) is 112 Å². The van der Waals surface area contributed by atoms with Gasteiger partial charge in [-0.1, -0.05) is 30.2 Å². The van der Waals surface area contributed by atoms with E-state index >= 15 is 0 Å². The highest BCUT2D eigenvalue weighted by Crippen LogP contribution is 2.31. The molecule has 0 radical (unpaired) electrons. The number of likely N-dealkylation sites (tertiary alicyclic amines) is 1. The average molecular weight is 315 g/mol. The van der Waals surface area contributed by atoms with Crippen LogP contribution in [-0.4, -0.2) is 29.3 Å². The van der Waals surface area contributed by atoms with Crippen molar-refractivity contribution in [2.45, 2.75) is 44.6 Å². The summed E-state index contributed by atoms with van der Waals surface area (Å²) in [6.45, 7) is 2.37. The largest absolute Gasteiger partial charge is 0.368 e. The molecule has 2 N–H and O–H groups in total. The predicted octanol–water partition coefficient (Wildman–Crippen LogP) is 2.99. The predicted molar refractivity (Wildman–Crippen MR) is 86.8 cm³/mol. The van der Waals surface area contributed by atoms with Crippen LogP contribution in [-0.2, 0) is 9.59 Å². The third-order valence-electron chi connectivity index (χ3n) is 4.34. The molecule has 0 aliphatic carbocycles. The molecule has 1 aromatic rings. The van der Waals surface area contributed by atoms with Gasteiger partial charge < -0.3 is 10.6 Å². The van der Waals surface area contributed by atoms with E-state index in [0.717, 1.165) is 12.0 Å². The summed E-state index contributed by atoms with van der Waals surface area (Å²) >= 11 is 0. The Bertz CT molecular complexity index is 639. The lowest BCUT2D eigenvalue weighted by molar-refractivity contribution is -0.139. The average Bonchev–Trinajstić information content (AvgIpc) is 2.71. The Morgan fingerprint density at radius 3 is 2.96 bits per heavy atom. The summed E-state index contributed by atoms with van der Waals surface area (Å²) in [5.41, 5.74) is 15.6. The molecule has 2 rings (SSSR count). The minimum atomic E-state index is -0.532. The second-order valence-electron chi connectivity index (χ2n) is 5.72. The normalized spacial score (nSPS) is 19.6. The number of primary amides is 1. The highest BCUT2D eigenvalue weighted by molar-refractivity contribution is 5.86. The van der Waals surface area contributed by atoms with Gasteiger partial charge in [0.2, 0.25) is 11.8 Å².